The molecular weight excluding hydrogens is 432 g/mol. The third-order valence-corrected chi connectivity index (χ3v) is 6.68. The van der Waals surface area contributed by atoms with Gasteiger partial charge in [-0.1, -0.05) is 24.3 Å². The molecule has 1 aromatic carbocycles. The molecule has 3 heterocycles. The molecule has 1 saturated heterocycles. The van der Waals surface area contributed by atoms with Crippen molar-refractivity contribution in [1.82, 2.24) is 19.4 Å². The number of H-pyrrole nitrogens is 1. The molecule has 2 N–H and O–H groups in total. The van der Waals surface area contributed by atoms with Crippen LogP contribution in [-0.2, 0) is 23.9 Å². The molecule has 0 aliphatic carbocycles. The van der Waals surface area contributed by atoms with E-state index in [4.69, 9.17) is 0 Å². The largest absolute Gasteiger partial charge is 0.386 e. The Morgan fingerprint density at radius 2 is 1.82 bits per heavy atom. The first-order valence-electron chi connectivity index (χ1n) is 11.8. The Labute approximate surface area is 198 Å². The Morgan fingerprint density at radius 1 is 1.15 bits per heavy atom. The van der Waals surface area contributed by atoms with Gasteiger partial charge >= 0.3 is 0 Å². The number of aryl methyl sites for hydroxylation is 2. The van der Waals surface area contributed by atoms with Gasteiger partial charge in [0.15, 0.2) is 5.78 Å². The van der Waals surface area contributed by atoms with Crippen LogP contribution in [0.2, 0.25) is 0 Å². The number of nitrogens with zero attached hydrogens (tertiary/aromatic N) is 3. The van der Waals surface area contributed by atoms with Gasteiger partial charge in [0.2, 0.25) is 5.91 Å². The summed E-state index contributed by atoms with van der Waals surface area (Å²) in [5.41, 5.74) is 0.967. The normalized spacial score (nSPS) is 15.1. The minimum Gasteiger partial charge on any atom is -0.386 e. The molecule has 1 aliphatic heterocycles. The average Bonchev–Trinajstić information content (AvgIpc) is 3.19. The molecular formula is C26H32N4O4. The van der Waals surface area contributed by atoms with Crippen LogP contribution >= 0.6 is 0 Å². The summed E-state index contributed by atoms with van der Waals surface area (Å²) in [6.07, 6.45) is 4.61. The third kappa shape index (κ3) is 5.12. The number of Topliss-reactive ketones (excluding diaryl/α,β-unsaturated/α-hetero) is 1. The summed E-state index contributed by atoms with van der Waals surface area (Å²) in [6.45, 7) is 4.57. The maximum absolute atomic E-state index is 12.9. The first-order valence-corrected chi connectivity index (χ1v) is 11.8. The van der Waals surface area contributed by atoms with Gasteiger partial charge < -0.3 is 19.6 Å². The van der Waals surface area contributed by atoms with Gasteiger partial charge in [-0.05, 0) is 44.7 Å². The molecule has 1 amide bonds. The number of rotatable bonds is 7. The second kappa shape index (κ2) is 9.54. The van der Waals surface area contributed by atoms with E-state index in [0.717, 1.165) is 5.56 Å². The van der Waals surface area contributed by atoms with Gasteiger partial charge in [0.25, 0.3) is 5.56 Å². The van der Waals surface area contributed by atoms with Crippen molar-refractivity contribution in [2.75, 3.05) is 13.1 Å². The van der Waals surface area contributed by atoms with Crippen molar-refractivity contribution in [2.24, 2.45) is 13.0 Å². The first-order chi connectivity index (χ1) is 16.1. The third-order valence-electron chi connectivity index (χ3n) is 6.68. The average molecular weight is 465 g/mol. The van der Waals surface area contributed by atoms with Gasteiger partial charge in [-0.25, -0.2) is 4.98 Å². The Morgan fingerprint density at radius 3 is 2.47 bits per heavy atom. The van der Waals surface area contributed by atoms with Gasteiger partial charge in [-0.15, -0.1) is 0 Å². The van der Waals surface area contributed by atoms with Crippen LogP contribution < -0.4 is 5.56 Å². The Hall–Kier alpha value is -3.26. The fourth-order valence-electron chi connectivity index (χ4n) is 4.54. The number of amides is 1. The number of likely N-dealkylation sites (tertiary alicyclic amines) is 1. The number of aromatic amines is 1. The van der Waals surface area contributed by atoms with Gasteiger partial charge in [0.05, 0.1) is 11.0 Å². The van der Waals surface area contributed by atoms with E-state index < -0.39 is 5.60 Å². The SMILES string of the molecule is Cn1ccc2c(=O)[nH]c(CCCC(=O)N3CCC(C(=O)c4ccc(C(C)(C)O)cc4)CC3)nc21. The lowest BCUT2D eigenvalue weighted by molar-refractivity contribution is -0.132. The van der Waals surface area contributed by atoms with Crippen molar-refractivity contribution < 1.29 is 14.7 Å². The van der Waals surface area contributed by atoms with Crippen LogP contribution in [-0.4, -0.2) is 49.3 Å². The molecule has 8 nitrogen and oxygen atoms in total. The molecule has 8 heteroatoms. The second-order valence-corrected chi connectivity index (χ2v) is 9.69. The molecule has 0 bridgehead atoms. The first kappa shape index (κ1) is 23.9. The summed E-state index contributed by atoms with van der Waals surface area (Å²) >= 11 is 0. The molecule has 0 unspecified atom stereocenters. The highest BCUT2D eigenvalue weighted by atomic mass is 16.3. The molecule has 1 fully saturated rings. The lowest BCUT2D eigenvalue weighted by atomic mass is 9.87. The molecule has 34 heavy (non-hydrogen) atoms. The monoisotopic (exact) mass is 464 g/mol. The number of hydrogen-bond donors (Lipinski definition) is 2. The highest BCUT2D eigenvalue weighted by Crippen LogP contribution is 2.25. The number of carbonyl (C=O) groups excluding carboxylic acids is 2. The van der Waals surface area contributed by atoms with Crippen LogP contribution in [0.5, 0.6) is 0 Å². The number of aliphatic hydroxyl groups is 1. The number of piperidine rings is 1. The zero-order valence-electron chi connectivity index (χ0n) is 20.0. The lowest BCUT2D eigenvalue weighted by Gasteiger charge is -2.31. The maximum atomic E-state index is 12.9. The number of fused-ring (bicyclic) bond motifs is 1. The van der Waals surface area contributed by atoms with Crippen LogP contribution in [0, 0.1) is 5.92 Å². The molecule has 0 radical (unpaired) electrons. The zero-order valence-corrected chi connectivity index (χ0v) is 20.0. The fourth-order valence-corrected chi connectivity index (χ4v) is 4.54. The van der Waals surface area contributed by atoms with E-state index in [2.05, 4.69) is 9.97 Å². The summed E-state index contributed by atoms with van der Waals surface area (Å²) < 4.78 is 1.81. The lowest BCUT2D eigenvalue weighted by Crippen LogP contribution is -2.40. The van der Waals surface area contributed by atoms with Crippen molar-refractivity contribution in [3.8, 4) is 0 Å². The fraction of sp³-hybridized carbons (Fsp3) is 0.462. The van der Waals surface area contributed by atoms with Gasteiger partial charge in [-0.3, -0.25) is 14.4 Å². The van der Waals surface area contributed by atoms with E-state index in [1.54, 1.807) is 50.4 Å². The smallest absolute Gasteiger partial charge is 0.260 e. The van der Waals surface area contributed by atoms with Crippen molar-refractivity contribution in [1.29, 1.82) is 0 Å². The predicted octanol–water partition coefficient (Wildman–Crippen LogP) is 2.93. The van der Waals surface area contributed by atoms with Gasteiger partial charge in [0.1, 0.15) is 11.5 Å². The molecule has 2 aromatic heterocycles. The highest BCUT2D eigenvalue weighted by Gasteiger charge is 2.28. The van der Waals surface area contributed by atoms with Crippen LogP contribution in [0.4, 0.5) is 0 Å². The quantitative estimate of drug-likeness (QED) is 0.523. The number of ketones is 1. The van der Waals surface area contributed by atoms with Crippen LogP contribution in [0.15, 0.2) is 41.3 Å². The van der Waals surface area contributed by atoms with Gasteiger partial charge in [0, 0.05) is 50.7 Å². The Kier molecular flexibility index (Phi) is 6.70. The molecule has 180 valence electrons. The molecule has 3 aromatic rings. The van der Waals surface area contributed by atoms with Crippen molar-refractivity contribution >= 4 is 22.7 Å². The van der Waals surface area contributed by atoms with Gasteiger partial charge in [-0.2, -0.15) is 0 Å². The molecule has 4 rings (SSSR count). The Bertz CT molecular complexity index is 1240. The molecule has 0 atom stereocenters. The van der Waals surface area contributed by atoms with Crippen LogP contribution in [0.1, 0.15) is 61.3 Å². The van der Waals surface area contributed by atoms with E-state index in [0.29, 0.717) is 67.6 Å². The number of benzene rings is 1. The number of nitrogens with one attached hydrogen (secondary N) is 1. The number of aromatic nitrogens is 3. The van der Waals surface area contributed by atoms with E-state index in [-0.39, 0.29) is 23.2 Å². The maximum Gasteiger partial charge on any atom is 0.260 e. The molecule has 0 saturated carbocycles. The summed E-state index contributed by atoms with van der Waals surface area (Å²) in [4.78, 5) is 46.9. The minimum absolute atomic E-state index is 0.0720. The predicted molar refractivity (Wildman–Crippen MR) is 130 cm³/mol. The molecule has 0 spiro atoms. The van der Waals surface area contributed by atoms with E-state index >= 15 is 0 Å². The van der Waals surface area contributed by atoms with Crippen LogP contribution in [0.25, 0.3) is 11.0 Å². The van der Waals surface area contributed by atoms with Crippen molar-refractivity contribution in [3.05, 3.63) is 63.8 Å². The summed E-state index contributed by atoms with van der Waals surface area (Å²) in [6, 6.07) is 8.89. The Balaban J connectivity index is 1.26. The summed E-state index contributed by atoms with van der Waals surface area (Å²) in [5, 5.41) is 10.7. The van der Waals surface area contributed by atoms with Crippen molar-refractivity contribution in [3.63, 3.8) is 0 Å². The zero-order chi connectivity index (χ0) is 24.5. The van der Waals surface area contributed by atoms with Crippen LogP contribution in [0.3, 0.4) is 0 Å². The van der Waals surface area contributed by atoms with E-state index in [1.165, 1.54) is 0 Å². The van der Waals surface area contributed by atoms with E-state index in [9.17, 15) is 19.5 Å². The van der Waals surface area contributed by atoms with Crippen molar-refractivity contribution in [2.45, 2.75) is 51.6 Å². The standard InChI is InChI=1S/C26H32N4O4/c1-26(2,34)19-9-7-17(8-10-19)23(32)18-11-15-30(16-12-18)22(31)6-4-5-21-27-24-20(25(33)28-21)13-14-29(24)3/h7-10,13-14,18,34H,4-6,11-12,15-16H2,1-3H3,(H,27,28,33). The number of carbonyl (C=O) groups is 2. The summed E-state index contributed by atoms with van der Waals surface area (Å²) in [5.74, 6) is 0.665. The van der Waals surface area contributed by atoms with E-state index in [1.807, 2.05) is 16.5 Å². The number of hydrogen-bond acceptors (Lipinski definition) is 5. The molecule has 1 aliphatic rings. The highest BCUT2D eigenvalue weighted by molar-refractivity contribution is 5.98. The second-order valence-electron chi connectivity index (χ2n) is 9.69. The minimum atomic E-state index is -0.938. The topological polar surface area (TPSA) is 108 Å². The summed E-state index contributed by atoms with van der Waals surface area (Å²) in [7, 11) is 1.85.